The van der Waals surface area contributed by atoms with Gasteiger partial charge in [0, 0.05) is 19.2 Å². The molecule has 1 aliphatic heterocycles. The number of nitrogens with one attached hydrogen (secondary N) is 1. The first-order chi connectivity index (χ1) is 11.5. The summed E-state index contributed by atoms with van der Waals surface area (Å²) in [4.78, 5) is 29.1. The molecule has 1 aliphatic rings. The van der Waals surface area contributed by atoms with Gasteiger partial charge in [-0.05, 0) is 18.4 Å². The standard InChI is InChI=1S/C16H25N5O3/c1-4-11(2)14(17)15(22)20-8-5-9-21(20)16(23)19-12-6-7-13(24-3)18-10-12/h6-7,10-11,14H,4-5,8-9,17H2,1-3H3,(H,19,23). The molecule has 0 saturated carbocycles. The van der Waals surface area contributed by atoms with Crippen LogP contribution >= 0.6 is 0 Å². The minimum atomic E-state index is -0.606. The molecule has 1 fully saturated rings. The number of aromatic nitrogens is 1. The Bertz CT molecular complexity index is 578. The van der Waals surface area contributed by atoms with Crippen LogP contribution in [0.2, 0.25) is 0 Å². The molecule has 8 nitrogen and oxygen atoms in total. The van der Waals surface area contributed by atoms with Crippen molar-refractivity contribution in [3.63, 3.8) is 0 Å². The van der Waals surface area contributed by atoms with Gasteiger partial charge in [0.15, 0.2) is 0 Å². The maximum atomic E-state index is 12.5. The highest BCUT2D eigenvalue weighted by atomic mass is 16.5. The van der Waals surface area contributed by atoms with E-state index in [0.717, 1.165) is 12.8 Å². The van der Waals surface area contributed by atoms with E-state index in [-0.39, 0.29) is 17.9 Å². The Labute approximate surface area is 141 Å². The lowest BCUT2D eigenvalue weighted by molar-refractivity contribution is -0.142. The second-order valence-electron chi connectivity index (χ2n) is 5.87. The van der Waals surface area contributed by atoms with Crippen molar-refractivity contribution in [2.45, 2.75) is 32.7 Å². The number of urea groups is 1. The number of hydrogen-bond acceptors (Lipinski definition) is 5. The molecular weight excluding hydrogens is 310 g/mol. The zero-order chi connectivity index (χ0) is 17.7. The van der Waals surface area contributed by atoms with Crippen LogP contribution < -0.4 is 15.8 Å². The summed E-state index contributed by atoms with van der Waals surface area (Å²) in [5.74, 6) is 0.309. The van der Waals surface area contributed by atoms with Crippen molar-refractivity contribution in [3.05, 3.63) is 18.3 Å². The average Bonchev–Trinajstić information content (AvgIpc) is 3.10. The summed E-state index contributed by atoms with van der Waals surface area (Å²) in [6.07, 6.45) is 3.04. The van der Waals surface area contributed by atoms with Crippen LogP contribution in [0.5, 0.6) is 5.88 Å². The van der Waals surface area contributed by atoms with E-state index in [1.54, 1.807) is 12.1 Å². The van der Waals surface area contributed by atoms with E-state index in [1.165, 1.54) is 23.3 Å². The number of hydrazine groups is 1. The van der Waals surface area contributed by atoms with E-state index >= 15 is 0 Å². The molecule has 3 amide bonds. The zero-order valence-electron chi connectivity index (χ0n) is 14.4. The van der Waals surface area contributed by atoms with Gasteiger partial charge >= 0.3 is 6.03 Å². The van der Waals surface area contributed by atoms with Crippen LogP contribution in [0.25, 0.3) is 0 Å². The highest BCUT2D eigenvalue weighted by Crippen LogP contribution is 2.18. The van der Waals surface area contributed by atoms with Gasteiger partial charge in [-0.1, -0.05) is 20.3 Å². The molecule has 1 saturated heterocycles. The van der Waals surface area contributed by atoms with Gasteiger partial charge in [0.1, 0.15) is 0 Å². The van der Waals surface area contributed by atoms with Crippen molar-refractivity contribution < 1.29 is 14.3 Å². The van der Waals surface area contributed by atoms with Crippen molar-refractivity contribution in [2.24, 2.45) is 11.7 Å². The number of pyridine rings is 1. The molecule has 132 valence electrons. The third-order valence-electron chi connectivity index (χ3n) is 4.26. The molecule has 0 aliphatic carbocycles. The second-order valence-corrected chi connectivity index (χ2v) is 5.87. The summed E-state index contributed by atoms with van der Waals surface area (Å²) in [5, 5.41) is 5.60. The zero-order valence-corrected chi connectivity index (χ0v) is 14.4. The summed E-state index contributed by atoms with van der Waals surface area (Å²) < 4.78 is 4.98. The smallest absolute Gasteiger partial charge is 0.340 e. The predicted octanol–water partition coefficient (Wildman–Crippen LogP) is 1.44. The number of carbonyl (C=O) groups excluding carboxylic acids is 2. The molecule has 0 spiro atoms. The number of hydrogen-bond donors (Lipinski definition) is 2. The lowest BCUT2D eigenvalue weighted by atomic mass is 9.99. The van der Waals surface area contributed by atoms with Crippen LogP contribution in [-0.2, 0) is 4.79 Å². The van der Waals surface area contributed by atoms with Crippen LogP contribution in [0.15, 0.2) is 18.3 Å². The normalized spacial score (nSPS) is 16.7. The summed E-state index contributed by atoms with van der Waals surface area (Å²) in [5.41, 5.74) is 6.56. The first-order valence-electron chi connectivity index (χ1n) is 8.13. The molecule has 1 aromatic heterocycles. The van der Waals surface area contributed by atoms with Gasteiger partial charge in [-0.25, -0.2) is 19.8 Å². The molecule has 3 N–H and O–H groups in total. The molecule has 1 aromatic rings. The molecule has 8 heteroatoms. The van der Waals surface area contributed by atoms with Crippen molar-refractivity contribution >= 4 is 17.6 Å². The SMILES string of the molecule is CCC(C)C(N)C(=O)N1CCCN1C(=O)Nc1ccc(OC)nc1. The Kier molecular flexibility index (Phi) is 5.97. The second kappa shape index (κ2) is 7.96. The predicted molar refractivity (Wildman–Crippen MR) is 90.3 cm³/mol. The minimum Gasteiger partial charge on any atom is -0.481 e. The third kappa shape index (κ3) is 3.94. The highest BCUT2D eigenvalue weighted by Gasteiger charge is 2.34. The summed E-state index contributed by atoms with van der Waals surface area (Å²) in [7, 11) is 1.52. The van der Waals surface area contributed by atoms with Gasteiger partial charge in [0.25, 0.3) is 5.91 Å². The van der Waals surface area contributed by atoms with E-state index in [2.05, 4.69) is 10.3 Å². The fourth-order valence-corrected chi connectivity index (χ4v) is 2.48. The van der Waals surface area contributed by atoms with Crippen LogP contribution in [0, 0.1) is 5.92 Å². The molecule has 24 heavy (non-hydrogen) atoms. The minimum absolute atomic E-state index is 0.0637. The van der Waals surface area contributed by atoms with E-state index in [9.17, 15) is 9.59 Å². The van der Waals surface area contributed by atoms with Crippen molar-refractivity contribution in [1.82, 2.24) is 15.0 Å². The molecule has 2 rings (SSSR count). The van der Waals surface area contributed by atoms with Crippen molar-refractivity contribution in [3.8, 4) is 5.88 Å². The molecule has 0 radical (unpaired) electrons. The molecule has 2 atom stereocenters. The fraction of sp³-hybridized carbons (Fsp3) is 0.562. The Hall–Kier alpha value is -2.35. The number of anilines is 1. The van der Waals surface area contributed by atoms with Crippen LogP contribution in [-0.4, -0.2) is 53.2 Å². The van der Waals surface area contributed by atoms with E-state index in [0.29, 0.717) is 24.7 Å². The summed E-state index contributed by atoms with van der Waals surface area (Å²) in [6, 6.07) is 2.37. The Morgan fingerprint density at radius 3 is 2.67 bits per heavy atom. The number of amides is 3. The molecule has 2 unspecified atom stereocenters. The molecular formula is C16H25N5O3. The number of nitrogens with zero attached hydrogens (tertiary/aromatic N) is 3. The van der Waals surface area contributed by atoms with Crippen molar-refractivity contribution in [2.75, 3.05) is 25.5 Å². The number of nitrogens with two attached hydrogens (primary N) is 1. The van der Waals surface area contributed by atoms with Gasteiger partial charge in [0.2, 0.25) is 5.88 Å². The van der Waals surface area contributed by atoms with Gasteiger partial charge in [0.05, 0.1) is 25.0 Å². The number of rotatable bonds is 5. The van der Waals surface area contributed by atoms with Gasteiger partial charge in [-0.15, -0.1) is 0 Å². The highest BCUT2D eigenvalue weighted by molar-refractivity contribution is 5.92. The van der Waals surface area contributed by atoms with E-state index < -0.39 is 6.04 Å². The Balaban J connectivity index is 2.03. The topological polar surface area (TPSA) is 101 Å². The fourth-order valence-electron chi connectivity index (χ4n) is 2.48. The quantitative estimate of drug-likeness (QED) is 0.848. The van der Waals surface area contributed by atoms with Gasteiger partial charge in [-0.2, -0.15) is 0 Å². The maximum Gasteiger partial charge on any atom is 0.340 e. The van der Waals surface area contributed by atoms with Gasteiger partial charge in [-0.3, -0.25) is 4.79 Å². The average molecular weight is 335 g/mol. The largest absolute Gasteiger partial charge is 0.481 e. The molecule has 2 heterocycles. The molecule has 0 bridgehead atoms. The van der Waals surface area contributed by atoms with Crippen LogP contribution in [0.4, 0.5) is 10.5 Å². The third-order valence-corrected chi connectivity index (χ3v) is 4.26. The number of methoxy groups -OCH3 is 1. The summed E-state index contributed by atoms with van der Waals surface area (Å²) >= 11 is 0. The first kappa shape index (κ1) is 18.0. The lowest BCUT2D eigenvalue weighted by Crippen LogP contribution is -2.53. The number of ether oxygens (including phenoxy) is 1. The summed E-state index contributed by atoms with van der Waals surface area (Å²) in [6.45, 7) is 4.90. The van der Waals surface area contributed by atoms with E-state index in [1.807, 2.05) is 13.8 Å². The Morgan fingerprint density at radius 1 is 1.38 bits per heavy atom. The van der Waals surface area contributed by atoms with Crippen LogP contribution in [0.1, 0.15) is 26.7 Å². The van der Waals surface area contributed by atoms with Crippen LogP contribution in [0.3, 0.4) is 0 Å². The van der Waals surface area contributed by atoms with E-state index in [4.69, 9.17) is 10.5 Å². The van der Waals surface area contributed by atoms with Crippen molar-refractivity contribution in [1.29, 1.82) is 0 Å². The molecule has 0 aromatic carbocycles. The monoisotopic (exact) mass is 335 g/mol. The Morgan fingerprint density at radius 2 is 2.08 bits per heavy atom. The number of carbonyl (C=O) groups is 2. The first-order valence-corrected chi connectivity index (χ1v) is 8.13. The maximum absolute atomic E-state index is 12.5. The van der Waals surface area contributed by atoms with Gasteiger partial charge < -0.3 is 15.8 Å². The lowest BCUT2D eigenvalue weighted by Gasteiger charge is -2.31.